The first-order valence-corrected chi connectivity index (χ1v) is 7.19. The van der Waals surface area contributed by atoms with E-state index in [-0.39, 0.29) is 12.0 Å². The van der Waals surface area contributed by atoms with Gasteiger partial charge in [0.1, 0.15) is 0 Å². The topological polar surface area (TPSA) is 84.4 Å². The van der Waals surface area contributed by atoms with Crippen molar-refractivity contribution >= 4 is 17.7 Å². The largest absolute Gasteiger partial charge is 0.453 e. The molecule has 1 aliphatic heterocycles. The van der Waals surface area contributed by atoms with E-state index in [1.54, 1.807) is 41.8 Å². The average Bonchev–Trinajstić information content (AvgIpc) is 2.60. The molecule has 1 N–H and O–H groups in total. The Bertz CT molecular complexity index is 733. The standard InChI is InChI=1S/C16H16N4O3/c1-23-16(22)20-6-4-13-11(10-20)7-18-9-14(13)15(21)19-12-3-2-5-17-8-12/h2-3,5,7-9H,4,6,10H2,1H3,(H,19,21). The molecule has 0 bridgehead atoms. The minimum Gasteiger partial charge on any atom is -0.453 e. The predicted octanol–water partition coefficient (Wildman–Crippen LogP) is 1.85. The number of aromatic nitrogens is 2. The first-order chi connectivity index (χ1) is 11.2. The van der Waals surface area contributed by atoms with Crippen molar-refractivity contribution in [2.24, 2.45) is 0 Å². The van der Waals surface area contributed by atoms with Gasteiger partial charge in [-0.2, -0.15) is 0 Å². The number of carbonyl (C=O) groups excluding carboxylic acids is 2. The zero-order valence-corrected chi connectivity index (χ0v) is 12.7. The lowest BCUT2D eigenvalue weighted by Gasteiger charge is -2.28. The van der Waals surface area contributed by atoms with Crippen molar-refractivity contribution in [1.29, 1.82) is 0 Å². The van der Waals surface area contributed by atoms with Crippen molar-refractivity contribution in [2.75, 3.05) is 19.0 Å². The molecule has 23 heavy (non-hydrogen) atoms. The molecular formula is C16H16N4O3. The summed E-state index contributed by atoms with van der Waals surface area (Å²) in [6, 6.07) is 3.52. The number of anilines is 1. The van der Waals surface area contributed by atoms with Gasteiger partial charge >= 0.3 is 6.09 Å². The zero-order chi connectivity index (χ0) is 16.2. The summed E-state index contributed by atoms with van der Waals surface area (Å²) in [5, 5.41) is 2.81. The monoisotopic (exact) mass is 312 g/mol. The van der Waals surface area contributed by atoms with Crippen LogP contribution in [0.4, 0.5) is 10.5 Å². The highest BCUT2D eigenvalue weighted by atomic mass is 16.5. The Kier molecular flexibility index (Phi) is 4.18. The van der Waals surface area contributed by atoms with Gasteiger partial charge < -0.3 is 15.0 Å². The molecule has 0 fully saturated rings. The third-order valence-electron chi connectivity index (χ3n) is 3.74. The van der Waals surface area contributed by atoms with Gasteiger partial charge in [0, 0.05) is 25.1 Å². The minimum atomic E-state index is -0.374. The van der Waals surface area contributed by atoms with Crippen LogP contribution in [0.3, 0.4) is 0 Å². The van der Waals surface area contributed by atoms with Crippen molar-refractivity contribution < 1.29 is 14.3 Å². The van der Waals surface area contributed by atoms with E-state index in [4.69, 9.17) is 4.74 Å². The normalized spacial score (nSPS) is 13.2. The van der Waals surface area contributed by atoms with Crippen LogP contribution < -0.4 is 5.32 Å². The minimum absolute atomic E-state index is 0.228. The van der Waals surface area contributed by atoms with Crippen LogP contribution in [-0.4, -0.2) is 40.5 Å². The molecule has 0 aliphatic carbocycles. The average molecular weight is 312 g/mol. The third kappa shape index (κ3) is 3.13. The summed E-state index contributed by atoms with van der Waals surface area (Å²) in [4.78, 5) is 33.8. The molecule has 1 aliphatic rings. The summed E-state index contributed by atoms with van der Waals surface area (Å²) in [5.41, 5.74) is 2.93. The summed E-state index contributed by atoms with van der Waals surface area (Å²) >= 11 is 0. The van der Waals surface area contributed by atoms with Crippen LogP contribution in [0.2, 0.25) is 0 Å². The second-order valence-electron chi connectivity index (χ2n) is 5.16. The molecule has 2 amide bonds. The number of rotatable bonds is 2. The van der Waals surface area contributed by atoms with E-state index in [0.717, 1.165) is 11.1 Å². The molecule has 2 aromatic rings. The number of nitrogens with one attached hydrogen (secondary N) is 1. The van der Waals surface area contributed by atoms with Crippen molar-refractivity contribution in [3.05, 3.63) is 53.6 Å². The lowest BCUT2D eigenvalue weighted by Crippen LogP contribution is -2.36. The Hall–Kier alpha value is -2.96. The molecule has 3 rings (SSSR count). The summed E-state index contributed by atoms with van der Waals surface area (Å²) in [6.07, 6.45) is 6.68. The van der Waals surface area contributed by atoms with Crippen molar-refractivity contribution in [1.82, 2.24) is 14.9 Å². The smallest absolute Gasteiger partial charge is 0.409 e. The number of hydrogen-bond donors (Lipinski definition) is 1. The fraction of sp³-hybridized carbons (Fsp3) is 0.250. The van der Waals surface area contributed by atoms with E-state index in [2.05, 4.69) is 15.3 Å². The number of fused-ring (bicyclic) bond motifs is 1. The van der Waals surface area contributed by atoms with Gasteiger partial charge in [0.25, 0.3) is 5.91 Å². The van der Waals surface area contributed by atoms with Crippen molar-refractivity contribution in [3.63, 3.8) is 0 Å². The van der Waals surface area contributed by atoms with E-state index in [1.807, 2.05) is 0 Å². The number of nitrogens with zero attached hydrogens (tertiary/aromatic N) is 3. The molecule has 3 heterocycles. The fourth-order valence-electron chi connectivity index (χ4n) is 2.61. The molecule has 0 radical (unpaired) electrons. The Balaban J connectivity index is 1.83. The molecule has 118 valence electrons. The molecule has 0 saturated carbocycles. The second kappa shape index (κ2) is 6.43. The van der Waals surface area contributed by atoms with Crippen LogP contribution >= 0.6 is 0 Å². The highest BCUT2D eigenvalue weighted by Crippen LogP contribution is 2.22. The van der Waals surface area contributed by atoms with Gasteiger partial charge in [-0.1, -0.05) is 0 Å². The molecule has 0 unspecified atom stereocenters. The molecule has 7 heteroatoms. The molecule has 2 aromatic heterocycles. The van der Waals surface area contributed by atoms with Crippen LogP contribution in [0.5, 0.6) is 0 Å². The van der Waals surface area contributed by atoms with Gasteiger partial charge in [-0.05, 0) is 29.7 Å². The third-order valence-corrected chi connectivity index (χ3v) is 3.74. The van der Waals surface area contributed by atoms with Crippen LogP contribution in [0, 0.1) is 0 Å². The zero-order valence-electron chi connectivity index (χ0n) is 12.7. The van der Waals surface area contributed by atoms with Gasteiger partial charge in [-0.15, -0.1) is 0 Å². The number of methoxy groups -OCH3 is 1. The van der Waals surface area contributed by atoms with Crippen molar-refractivity contribution in [2.45, 2.75) is 13.0 Å². The van der Waals surface area contributed by atoms with Gasteiger partial charge in [0.15, 0.2) is 0 Å². The summed E-state index contributed by atoms with van der Waals surface area (Å²) < 4.78 is 4.74. The summed E-state index contributed by atoms with van der Waals surface area (Å²) in [6.45, 7) is 0.903. The van der Waals surface area contributed by atoms with Crippen LogP contribution in [-0.2, 0) is 17.7 Å². The lowest BCUT2D eigenvalue weighted by atomic mass is 9.97. The van der Waals surface area contributed by atoms with Gasteiger partial charge in [-0.3, -0.25) is 14.8 Å². The van der Waals surface area contributed by atoms with E-state index in [0.29, 0.717) is 30.8 Å². The number of hydrogen-bond acceptors (Lipinski definition) is 5. The van der Waals surface area contributed by atoms with Crippen molar-refractivity contribution in [3.8, 4) is 0 Å². The quantitative estimate of drug-likeness (QED) is 0.915. The number of amides is 2. The first kappa shape index (κ1) is 15.0. The van der Waals surface area contributed by atoms with Crippen LogP contribution in [0.1, 0.15) is 21.5 Å². The summed E-state index contributed by atoms with van der Waals surface area (Å²) in [7, 11) is 1.36. The van der Waals surface area contributed by atoms with Gasteiger partial charge in [0.05, 0.1) is 31.1 Å². The van der Waals surface area contributed by atoms with Crippen LogP contribution in [0.15, 0.2) is 36.9 Å². The maximum Gasteiger partial charge on any atom is 0.409 e. The molecule has 0 spiro atoms. The lowest BCUT2D eigenvalue weighted by molar-refractivity contribution is 0.102. The van der Waals surface area contributed by atoms with E-state index in [9.17, 15) is 9.59 Å². The SMILES string of the molecule is COC(=O)N1CCc2c(cncc2C(=O)Nc2cccnc2)C1. The Morgan fingerprint density at radius 1 is 1.26 bits per heavy atom. The first-order valence-electron chi connectivity index (χ1n) is 7.19. The highest BCUT2D eigenvalue weighted by Gasteiger charge is 2.25. The van der Waals surface area contributed by atoms with Crippen LogP contribution in [0.25, 0.3) is 0 Å². The molecule has 0 aromatic carbocycles. The Morgan fingerprint density at radius 3 is 2.87 bits per heavy atom. The number of carbonyl (C=O) groups is 2. The van der Waals surface area contributed by atoms with E-state index < -0.39 is 0 Å². The molecule has 0 atom stereocenters. The molecule has 7 nitrogen and oxygen atoms in total. The fourth-order valence-corrected chi connectivity index (χ4v) is 2.61. The maximum absolute atomic E-state index is 12.5. The number of ether oxygens (including phenoxy) is 1. The maximum atomic E-state index is 12.5. The predicted molar refractivity (Wildman–Crippen MR) is 82.9 cm³/mol. The molecular weight excluding hydrogens is 296 g/mol. The van der Waals surface area contributed by atoms with E-state index in [1.165, 1.54) is 7.11 Å². The highest BCUT2D eigenvalue weighted by molar-refractivity contribution is 6.05. The van der Waals surface area contributed by atoms with Gasteiger partial charge in [-0.25, -0.2) is 4.79 Å². The number of pyridine rings is 2. The van der Waals surface area contributed by atoms with Gasteiger partial charge in [0.2, 0.25) is 0 Å². The second-order valence-corrected chi connectivity index (χ2v) is 5.16. The summed E-state index contributed by atoms with van der Waals surface area (Å²) in [5.74, 6) is -0.228. The molecule has 0 saturated heterocycles. The Morgan fingerprint density at radius 2 is 2.13 bits per heavy atom. The Labute approximate surface area is 133 Å². The van der Waals surface area contributed by atoms with E-state index >= 15 is 0 Å².